The molecule has 0 aromatic carbocycles. The van der Waals surface area contributed by atoms with Crippen molar-refractivity contribution in [3.63, 3.8) is 0 Å². The summed E-state index contributed by atoms with van der Waals surface area (Å²) in [6.45, 7) is 0. The van der Waals surface area contributed by atoms with Crippen LogP contribution < -0.4 is 0 Å². The van der Waals surface area contributed by atoms with Gasteiger partial charge in [0.05, 0.1) is 0 Å². The fraction of sp³-hybridized carbons (Fsp3) is 0. The molecule has 0 bridgehead atoms. The third-order valence-corrected chi connectivity index (χ3v) is 1.22. The zero-order valence-electron chi connectivity index (χ0n) is 6.34. The van der Waals surface area contributed by atoms with Crippen LogP contribution >= 0.6 is 0 Å². The Morgan fingerprint density at radius 2 is 1.85 bits per heavy atom. The van der Waals surface area contributed by atoms with Crippen LogP contribution in [0.5, 0.6) is 0 Å². The fourth-order valence-electron chi connectivity index (χ4n) is 0.793. The van der Waals surface area contributed by atoms with Crippen LogP contribution in [-0.4, -0.2) is 15.0 Å². The van der Waals surface area contributed by atoms with E-state index < -0.39 is 0 Å². The minimum absolute atomic E-state index is 0. The molecule has 0 fully saturated rings. The first-order valence-electron chi connectivity index (χ1n) is 2.70. The number of aromatic amines is 1. The summed E-state index contributed by atoms with van der Waals surface area (Å²) >= 11 is 0. The van der Waals surface area contributed by atoms with E-state index in [-0.39, 0.29) is 33.8 Å². The minimum atomic E-state index is 0. The summed E-state index contributed by atoms with van der Waals surface area (Å²) in [5, 5.41) is 1.05. The molecule has 0 atom stereocenters. The molecule has 2 aromatic heterocycles. The van der Waals surface area contributed by atoms with Gasteiger partial charge in [-0.1, -0.05) is 0 Å². The molecule has 0 aliphatic rings. The molecule has 6 nitrogen and oxygen atoms in total. The summed E-state index contributed by atoms with van der Waals surface area (Å²) in [7, 11) is 0. The van der Waals surface area contributed by atoms with Gasteiger partial charge in [0, 0.05) is 17.8 Å². The molecule has 0 radical (unpaired) electrons. The van der Waals surface area contributed by atoms with Gasteiger partial charge >= 0.3 is 17.4 Å². The average Bonchev–Trinajstić information content (AvgIpc) is 2.33. The Hall–Kier alpha value is -0.968. The van der Waals surface area contributed by atoms with Crippen LogP contribution in [0.3, 0.4) is 0 Å². The van der Waals surface area contributed by atoms with Gasteiger partial charge in [0.25, 0.3) is 0 Å². The molecular weight excluding hydrogens is 214 g/mol. The van der Waals surface area contributed by atoms with Crippen molar-refractivity contribution in [3.8, 4) is 0 Å². The van der Waals surface area contributed by atoms with Crippen molar-refractivity contribution < 1.29 is 33.8 Å². The smallest absolute Gasteiger partial charge is 2.00 e. The second-order valence-corrected chi connectivity index (χ2v) is 1.80. The predicted octanol–water partition coefficient (Wildman–Crippen LogP) is 0.599. The van der Waals surface area contributed by atoms with Gasteiger partial charge in [-0.05, 0) is 6.07 Å². The number of nitrogens with one attached hydrogen (secondary N) is 1. The number of hydrogen-bond donors (Lipinski definition) is 1. The van der Waals surface area contributed by atoms with Crippen LogP contribution in [0.2, 0.25) is 0 Å². The third-order valence-electron chi connectivity index (χ3n) is 1.22. The van der Waals surface area contributed by atoms with E-state index in [4.69, 9.17) is 0 Å². The molecule has 0 aliphatic carbocycles. The van der Waals surface area contributed by atoms with Crippen LogP contribution in [-0.2, 0) is 33.8 Å². The average molecular weight is 219 g/mol. The van der Waals surface area contributed by atoms with E-state index in [0.29, 0.717) is 0 Å². The Kier molecular flexibility index (Phi) is 10.6. The van der Waals surface area contributed by atoms with Crippen LogP contribution in [0.4, 0.5) is 0 Å². The van der Waals surface area contributed by atoms with Crippen molar-refractivity contribution in [1.29, 1.82) is 0 Å². The summed E-state index contributed by atoms with van der Waals surface area (Å²) in [4.78, 5) is 10.8. The van der Waals surface area contributed by atoms with Crippen molar-refractivity contribution >= 4 is 11.0 Å². The summed E-state index contributed by atoms with van der Waals surface area (Å²) in [5.74, 6) is 0. The van der Waals surface area contributed by atoms with Crippen LogP contribution in [0.25, 0.3) is 11.0 Å². The molecule has 13 heavy (non-hydrogen) atoms. The fourth-order valence-corrected chi connectivity index (χ4v) is 0.793. The van der Waals surface area contributed by atoms with E-state index >= 15 is 0 Å². The maximum absolute atomic E-state index is 3.97. The van der Waals surface area contributed by atoms with Gasteiger partial charge in [-0.15, -0.1) is 0 Å². The normalized spacial score (nSPS) is 7.08. The third kappa shape index (κ3) is 3.50. The van der Waals surface area contributed by atoms with E-state index in [0.717, 1.165) is 11.0 Å². The van der Waals surface area contributed by atoms with E-state index in [1.165, 1.54) is 6.33 Å². The number of H-pyrrole nitrogens is 1. The zero-order chi connectivity index (χ0) is 6.10. The standard InChI is InChI=1S/C6H5N3.Cr.3O/c1-2-8-6-5(1)3-7-4-9-6;;;;/h1-4H,(H,7,8,9);;;;/q;+6;3*-2. The van der Waals surface area contributed by atoms with Gasteiger partial charge in [0.2, 0.25) is 0 Å². The molecule has 2 aromatic rings. The Balaban J connectivity index is -0.000000250. The molecule has 68 valence electrons. The van der Waals surface area contributed by atoms with Crippen LogP contribution in [0.1, 0.15) is 0 Å². The van der Waals surface area contributed by atoms with Gasteiger partial charge in [0.15, 0.2) is 0 Å². The molecule has 0 aliphatic heterocycles. The number of nitrogens with zero attached hydrogens (tertiary/aromatic N) is 2. The molecule has 0 saturated heterocycles. The second-order valence-electron chi connectivity index (χ2n) is 1.80. The summed E-state index contributed by atoms with van der Waals surface area (Å²) in [6, 6.07) is 1.94. The zero-order valence-corrected chi connectivity index (χ0v) is 7.61. The molecule has 7 heteroatoms. The van der Waals surface area contributed by atoms with E-state index in [2.05, 4.69) is 15.0 Å². The minimum Gasteiger partial charge on any atom is -2.00 e. The maximum Gasteiger partial charge on any atom is 6.00 e. The summed E-state index contributed by atoms with van der Waals surface area (Å²) in [6.07, 6.45) is 5.15. The number of fused-ring (bicyclic) bond motifs is 1. The van der Waals surface area contributed by atoms with Crippen molar-refractivity contribution in [3.05, 3.63) is 24.8 Å². The van der Waals surface area contributed by atoms with E-state index in [1.807, 2.05) is 12.3 Å². The van der Waals surface area contributed by atoms with Gasteiger partial charge in [0.1, 0.15) is 12.0 Å². The molecule has 0 saturated carbocycles. The molecule has 0 spiro atoms. The molecule has 2 heterocycles. The van der Waals surface area contributed by atoms with E-state index in [9.17, 15) is 0 Å². The second kappa shape index (κ2) is 7.67. The SMILES string of the molecule is [Cr+6].[O-2].[O-2].[O-2].c1ncc2cc[nH]c2n1. The van der Waals surface area contributed by atoms with Crippen molar-refractivity contribution in [1.82, 2.24) is 15.0 Å². The largest absolute Gasteiger partial charge is 6.00 e. The monoisotopic (exact) mass is 219 g/mol. The molecule has 1 N–H and O–H groups in total. The number of rotatable bonds is 0. The Morgan fingerprint density at radius 3 is 2.46 bits per heavy atom. The summed E-state index contributed by atoms with van der Waals surface area (Å²) in [5.41, 5.74) is 0.894. The first-order chi connectivity index (χ1) is 4.47. The number of aromatic nitrogens is 3. The molecule has 2 rings (SSSR count). The van der Waals surface area contributed by atoms with Gasteiger partial charge < -0.3 is 21.4 Å². The Bertz CT molecular complexity index is 297. The van der Waals surface area contributed by atoms with Gasteiger partial charge in [-0.2, -0.15) is 0 Å². The van der Waals surface area contributed by atoms with E-state index in [1.54, 1.807) is 6.20 Å². The van der Waals surface area contributed by atoms with Crippen LogP contribution in [0, 0.1) is 0 Å². The predicted molar refractivity (Wildman–Crippen MR) is 35.9 cm³/mol. The summed E-state index contributed by atoms with van der Waals surface area (Å²) < 4.78 is 0. The molecular formula is C6H5CrN3O3. The topological polar surface area (TPSA) is 127 Å². The molecule has 0 unspecified atom stereocenters. The first kappa shape index (κ1) is 18.0. The molecule has 0 amide bonds. The van der Waals surface area contributed by atoms with Gasteiger partial charge in [-0.3, -0.25) is 0 Å². The van der Waals surface area contributed by atoms with Crippen molar-refractivity contribution in [2.24, 2.45) is 0 Å². The first-order valence-corrected chi connectivity index (χ1v) is 2.70. The quantitative estimate of drug-likeness (QED) is 0.695. The van der Waals surface area contributed by atoms with Gasteiger partial charge in [-0.25, -0.2) is 9.97 Å². The Morgan fingerprint density at radius 1 is 1.15 bits per heavy atom. The van der Waals surface area contributed by atoms with Crippen molar-refractivity contribution in [2.45, 2.75) is 0 Å². The van der Waals surface area contributed by atoms with Crippen molar-refractivity contribution in [2.75, 3.05) is 0 Å². The maximum atomic E-state index is 3.97. The number of hydrogen-bond acceptors (Lipinski definition) is 2. The van der Waals surface area contributed by atoms with Crippen LogP contribution in [0.15, 0.2) is 24.8 Å². The Labute approximate surface area is 85.1 Å².